The minimum atomic E-state index is -0.130. The van der Waals surface area contributed by atoms with Crippen LogP contribution < -0.4 is 4.74 Å². The van der Waals surface area contributed by atoms with E-state index in [-0.39, 0.29) is 5.41 Å². The maximum atomic E-state index is 13.2. The molecule has 0 atom stereocenters. The predicted molar refractivity (Wildman–Crippen MR) is 80.3 cm³/mol. The third-order valence-electron chi connectivity index (χ3n) is 4.80. The van der Waals surface area contributed by atoms with Gasteiger partial charge < -0.3 is 4.74 Å². The van der Waals surface area contributed by atoms with Gasteiger partial charge in [0.2, 0.25) is 0 Å². The van der Waals surface area contributed by atoms with Crippen molar-refractivity contribution in [2.75, 3.05) is 6.61 Å². The van der Waals surface area contributed by atoms with Crippen LogP contribution in [0, 0.1) is 11.3 Å². The van der Waals surface area contributed by atoms with E-state index in [1.807, 2.05) is 12.1 Å². The van der Waals surface area contributed by atoms with Crippen molar-refractivity contribution in [3.05, 3.63) is 29.3 Å². The molecule has 1 heterocycles. The molecule has 0 unspecified atom stereocenters. The summed E-state index contributed by atoms with van der Waals surface area (Å²) in [6.45, 7) is 5.16. The van der Waals surface area contributed by atoms with Crippen molar-refractivity contribution in [1.82, 2.24) is 0 Å². The highest BCUT2D eigenvalue weighted by Gasteiger charge is 2.43. The van der Waals surface area contributed by atoms with Gasteiger partial charge in [-0.3, -0.25) is 4.79 Å². The summed E-state index contributed by atoms with van der Waals surface area (Å²) in [4.78, 5) is 13.2. The summed E-state index contributed by atoms with van der Waals surface area (Å²) in [6.07, 6.45) is 6.42. The van der Waals surface area contributed by atoms with E-state index in [0.29, 0.717) is 11.7 Å². The van der Waals surface area contributed by atoms with Crippen LogP contribution in [-0.2, 0) is 6.42 Å². The van der Waals surface area contributed by atoms with Crippen LogP contribution in [0.3, 0.4) is 0 Å². The van der Waals surface area contributed by atoms with Crippen molar-refractivity contribution in [2.24, 2.45) is 11.3 Å². The number of fused-ring (bicyclic) bond motifs is 1. The van der Waals surface area contributed by atoms with Crippen molar-refractivity contribution < 1.29 is 9.53 Å². The van der Waals surface area contributed by atoms with Crippen LogP contribution in [0.1, 0.15) is 61.9 Å². The van der Waals surface area contributed by atoms with Crippen LogP contribution in [-0.4, -0.2) is 12.4 Å². The van der Waals surface area contributed by atoms with Gasteiger partial charge in [0, 0.05) is 11.8 Å². The van der Waals surface area contributed by atoms with Crippen LogP contribution in [0.2, 0.25) is 0 Å². The fraction of sp³-hybridized carbons (Fsp3) is 0.611. The molecule has 0 spiro atoms. The second-order valence-electron chi connectivity index (χ2n) is 6.81. The van der Waals surface area contributed by atoms with Crippen LogP contribution in [0.25, 0.3) is 0 Å². The third kappa shape index (κ3) is 2.25. The summed E-state index contributed by atoms with van der Waals surface area (Å²) < 4.78 is 5.74. The quantitative estimate of drug-likeness (QED) is 0.759. The maximum Gasteiger partial charge on any atom is 0.172 e. The standard InChI is InChI=1S/C18H24O2/c1-13(2)12-18(9-3-4-10-18)17(19)15-7-5-6-14-8-11-20-16(14)15/h5-7,13H,3-4,8-12H2,1-2H3. The first-order valence-corrected chi connectivity index (χ1v) is 7.92. The molecule has 0 bridgehead atoms. The van der Waals surface area contributed by atoms with Gasteiger partial charge in [-0.2, -0.15) is 0 Å². The van der Waals surface area contributed by atoms with Gasteiger partial charge in [-0.25, -0.2) is 0 Å². The zero-order valence-electron chi connectivity index (χ0n) is 12.6. The lowest BCUT2D eigenvalue weighted by Gasteiger charge is -2.30. The van der Waals surface area contributed by atoms with Gasteiger partial charge in [-0.1, -0.05) is 38.8 Å². The summed E-state index contributed by atoms with van der Waals surface area (Å²) in [7, 11) is 0. The second-order valence-corrected chi connectivity index (χ2v) is 6.81. The Bertz CT molecular complexity index is 510. The highest BCUT2D eigenvalue weighted by molar-refractivity contribution is 6.03. The van der Waals surface area contributed by atoms with E-state index >= 15 is 0 Å². The van der Waals surface area contributed by atoms with Crippen molar-refractivity contribution in [2.45, 2.75) is 52.4 Å². The number of rotatable bonds is 4. The zero-order valence-corrected chi connectivity index (χ0v) is 12.6. The Morgan fingerprint density at radius 3 is 2.75 bits per heavy atom. The molecule has 1 fully saturated rings. The summed E-state index contributed by atoms with van der Waals surface area (Å²) in [5.41, 5.74) is 1.91. The Labute approximate surface area is 121 Å². The number of ketones is 1. The Balaban J connectivity index is 1.96. The van der Waals surface area contributed by atoms with Crippen molar-refractivity contribution in [3.63, 3.8) is 0 Å². The van der Waals surface area contributed by atoms with Gasteiger partial charge >= 0.3 is 0 Å². The maximum absolute atomic E-state index is 13.2. The monoisotopic (exact) mass is 272 g/mol. The fourth-order valence-electron chi connectivity index (χ4n) is 4.04. The molecule has 0 N–H and O–H groups in total. The zero-order chi connectivity index (χ0) is 14.2. The molecule has 108 valence electrons. The van der Waals surface area contributed by atoms with Crippen LogP contribution in [0.5, 0.6) is 5.75 Å². The van der Waals surface area contributed by atoms with E-state index in [9.17, 15) is 4.79 Å². The molecular weight excluding hydrogens is 248 g/mol. The molecule has 1 saturated carbocycles. The van der Waals surface area contributed by atoms with Crippen LogP contribution >= 0.6 is 0 Å². The first-order chi connectivity index (χ1) is 9.62. The predicted octanol–water partition coefficient (Wildman–Crippen LogP) is 4.41. The highest BCUT2D eigenvalue weighted by atomic mass is 16.5. The normalized spacial score (nSPS) is 19.9. The van der Waals surface area contributed by atoms with E-state index in [4.69, 9.17) is 4.74 Å². The van der Waals surface area contributed by atoms with Crippen molar-refractivity contribution >= 4 is 5.78 Å². The van der Waals surface area contributed by atoms with Crippen molar-refractivity contribution in [3.8, 4) is 5.75 Å². The van der Waals surface area contributed by atoms with E-state index in [1.54, 1.807) is 0 Å². The summed E-state index contributed by atoms with van der Waals surface area (Å²) in [5, 5.41) is 0. The first-order valence-electron chi connectivity index (χ1n) is 7.92. The number of hydrogen-bond acceptors (Lipinski definition) is 2. The molecule has 2 heteroatoms. The second kappa shape index (κ2) is 5.23. The molecule has 3 rings (SSSR count). The molecule has 1 aliphatic carbocycles. The largest absolute Gasteiger partial charge is 0.492 e. The molecule has 1 aliphatic heterocycles. The SMILES string of the molecule is CC(C)CC1(C(=O)c2cccc3c2OCC3)CCCC1. The number of para-hydroxylation sites is 1. The highest BCUT2D eigenvalue weighted by Crippen LogP contribution is 2.47. The molecule has 1 aromatic carbocycles. The molecular formula is C18H24O2. The lowest BCUT2D eigenvalue weighted by atomic mass is 9.73. The minimum absolute atomic E-state index is 0.130. The molecule has 0 radical (unpaired) electrons. The average molecular weight is 272 g/mol. The van der Waals surface area contributed by atoms with Crippen LogP contribution in [0.4, 0.5) is 0 Å². The van der Waals surface area contributed by atoms with Crippen LogP contribution in [0.15, 0.2) is 18.2 Å². The molecule has 0 amide bonds. The van der Waals surface area contributed by atoms with E-state index in [0.717, 1.165) is 43.6 Å². The number of benzene rings is 1. The number of ether oxygens (including phenoxy) is 1. The number of carbonyl (C=O) groups excluding carboxylic acids is 1. The van der Waals surface area contributed by atoms with Gasteiger partial charge in [0.15, 0.2) is 5.78 Å². The number of hydrogen-bond donors (Lipinski definition) is 0. The Hall–Kier alpha value is -1.31. The Morgan fingerprint density at radius 1 is 1.30 bits per heavy atom. The van der Waals surface area contributed by atoms with Gasteiger partial charge in [-0.15, -0.1) is 0 Å². The van der Waals surface area contributed by atoms with Gasteiger partial charge in [0.05, 0.1) is 12.2 Å². The average Bonchev–Trinajstić information content (AvgIpc) is 3.05. The third-order valence-corrected chi connectivity index (χ3v) is 4.80. The van der Waals surface area contributed by atoms with E-state index in [2.05, 4.69) is 19.9 Å². The van der Waals surface area contributed by atoms with E-state index in [1.165, 1.54) is 18.4 Å². The summed E-state index contributed by atoms with van der Waals surface area (Å²) in [5.74, 6) is 1.77. The van der Waals surface area contributed by atoms with E-state index < -0.39 is 0 Å². The molecule has 1 aromatic rings. The lowest BCUT2D eigenvalue weighted by Crippen LogP contribution is -2.30. The molecule has 0 aromatic heterocycles. The lowest BCUT2D eigenvalue weighted by molar-refractivity contribution is 0.0756. The summed E-state index contributed by atoms with van der Waals surface area (Å²) in [6, 6.07) is 6.06. The fourth-order valence-corrected chi connectivity index (χ4v) is 4.04. The number of Topliss-reactive ketones (excluding diaryl/α,β-unsaturated/α-hetero) is 1. The molecule has 0 saturated heterocycles. The van der Waals surface area contributed by atoms with Gasteiger partial charge in [-0.05, 0) is 36.8 Å². The molecule has 20 heavy (non-hydrogen) atoms. The molecule has 2 aliphatic rings. The first kappa shape index (κ1) is 13.7. The smallest absolute Gasteiger partial charge is 0.172 e. The Kier molecular flexibility index (Phi) is 3.57. The summed E-state index contributed by atoms with van der Waals surface area (Å²) >= 11 is 0. The Morgan fingerprint density at radius 2 is 2.05 bits per heavy atom. The topological polar surface area (TPSA) is 26.3 Å². The van der Waals surface area contributed by atoms with Crippen molar-refractivity contribution in [1.29, 1.82) is 0 Å². The number of carbonyl (C=O) groups is 1. The van der Waals surface area contributed by atoms with Gasteiger partial charge in [0.1, 0.15) is 5.75 Å². The molecule has 2 nitrogen and oxygen atoms in total. The van der Waals surface area contributed by atoms with Gasteiger partial charge in [0.25, 0.3) is 0 Å². The minimum Gasteiger partial charge on any atom is -0.492 e.